The third kappa shape index (κ3) is 4.46. The predicted octanol–water partition coefficient (Wildman–Crippen LogP) is 2.94. The first-order chi connectivity index (χ1) is 9.38. The smallest absolute Gasteiger partial charge is 0.417 e. The Morgan fingerprint density at radius 3 is 2.70 bits per heavy atom. The van der Waals surface area contributed by atoms with Crippen LogP contribution in [0.5, 0.6) is 0 Å². The third-order valence-corrected chi connectivity index (χ3v) is 2.41. The minimum absolute atomic E-state index is 0.0940. The number of carbonyl (C=O) groups excluding carboxylic acids is 1. The minimum Gasteiger partial charge on any atom is -0.466 e. The molecule has 0 bridgehead atoms. The zero-order valence-electron chi connectivity index (χ0n) is 10.8. The van der Waals surface area contributed by atoms with Crippen molar-refractivity contribution in [2.75, 3.05) is 18.5 Å². The molecule has 0 atom stereocenters. The molecule has 0 saturated carbocycles. The highest BCUT2D eigenvalue weighted by Crippen LogP contribution is 2.32. The molecule has 0 aliphatic rings. The van der Waals surface area contributed by atoms with Crippen molar-refractivity contribution in [1.82, 2.24) is 0 Å². The standard InChI is InChI=1S/C13H13F3N2O2/c1-2-20-12(19)5-6-18-10-3-4-11(13(14,15)16)9(7-10)8-17/h3-4,7,18H,2,5-6H2,1H3. The van der Waals surface area contributed by atoms with Crippen molar-refractivity contribution in [3.8, 4) is 6.07 Å². The van der Waals surface area contributed by atoms with Crippen LogP contribution >= 0.6 is 0 Å². The number of rotatable bonds is 5. The van der Waals surface area contributed by atoms with Crippen LogP contribution in [0.2, 0.25) is 0 Å². The first-order valence-electron chi connectivity index (χ1n) is 5.89. The Labute approximate surface area is 114 Å². The molecule has 0 fully saturated rings. The van der Waals surface area contributed by atoms with E-state index in [0.29, 0.717) is 5.69 Å². The number of carbonyl (C=O) groups is 1. The van der Waals surface area contributed by atoms with E-state index >= 15 is 0 Å². The van der Waals surface area contributed by atoms with Crippen molar-refractivity contribution in [1.29, 1.82) is 5.26 Å². The van der Waals surface area contributed by atoms with Gasteiger partial charge in [0.05, 0.1) is 30.2 Å². The van der Waals surface area contributed by atoms with Gasteiger partial charge < -0.3 is 10.1 Å². The van der Waals surface area contributed by atoms with Gasteiger partial charge in [0.15, 0.2) is 0 Å². The zero-order chi connectivity index (χ0) is 15.2. The molecule has 1 aromatic rings. The summed E-state index contributed by atoms with van der Waals surface area (Å²) < 4.78 is 42.4. The topological polar surface area (TPSA) is 62.1 Å². The molecule has 0 radical (unpaired) electrons. The fraction of sp³-hybridized carbons (Fsp3) is 0.385. The fourth-order valence-corrected chi connectivity index (χ4v) is 1.54. The van der Waals surface area contributed by atoms with Gasteiger partial charge in [-0.2, -0.15) is 18.4 Å². The largest absolute Gasteiger partial charge is 0.466 e. The van der Waals surface area contributed by atoms with Crippen LogP contribution in [-0.2, 0) is 15.7 Å². The average molecular weight is 286 g/mol. The number of hydrogen-bond donors (Lipinski definition) is 1. The van der Waals surface area contributed by atoms with Crippen LogP contribution in [0.4, 0.5) is 18.9 Å². The second-order valence-corrected chi connectivity index (χ2v) is 3.85. The lowest BCUT2D eigenvalue weighted by Gasteiger charge is -2.11. The van der Waals surface area contributed by atoms with Gasteiger partial charge in [0.25, 0.3) is 0 Å². The summed E-state index contributed by atoms with van der Waals surface area (Å²) in [6, 6.07) is 4.67. The molecule has 0 aliphatic heterocycles. The molecule has 7 heteroatoms. The number of nitrogens with one attached hydrogen (secondary N) is 1. The number of anilines is 1. The Bertz CT molecular complexity index is 521. The molecule has 0 heterocycles. The summed E-state index contributed by atoms with van der Waals surface area (Å²) in [6.45, 7) is 2.17. The number of hydrogen-bond acceptors (Lipinski definition) is 4. The van der Waals surface area contributed by atoms with Crippen LogP contribution in [0.1, 0.15) is 24.5 Å². The van der Waals surface area contributed by atoms with E-state index in [-0.39, 0.29) is 19.6 Å². The second-order valence-electron chi connectivity index (χ2n) is 3.85. The first kappa shape index (κ1) is 15.8. The van der Waals surface area contributed by atoms with Crippen LogP contribution in [0.3, 0.4) is 0 Å². The van der Waals surface area contributed by atoms with Gasteiger partial charge in [-0.05, 0) is 25.1 Å². The van der Waals surface area contributed by atoms with Gasteiger partial charge >= 0.3 is 12.1 Å². The summed E-state index contributed by atoms with van der Waals surface area (Å²) >= 11 is 0. The summed E-state index contributed by atoms with van der Waals surface area (Å²) in [6.07, 6.45) is -4.47. The molecule has 1 rings (SSSR count). The van der Waals surface area contributed by atoms with Crippen molar-refractivity contribution < 1.29 is 22.7 Å². The summed E-state index contributed by atoms with van der Waals surface area (Å²) in [5.74, 6) is -0.396. The molecular weight excluding hydrogens is 273 g/mol. The maximum absolute atomic E-state index is 12.6. The quantitative estimate of drug-likeness (QED) is 0.845. The van der Waals surface area contributed by atoms with Crippen LogP contribution < -0.4 is 5.32 Å². The van der Waals surface area contributed by atoms with Crippen molar-refractivity contribution >= 4 is 11.7 Å². The van der Waals surface area contributed by atoms with Crippen molar-refractivity contribution in [2.45, 2.75) is 19.5 Å². The lowest BCUT2D eigenvalue weighted by atomic mass is 10.1. The summed E-state index contributed by atoms with van der Waals surface area (Å²) in [5.41, 5.74) is -1.09. The second kappa shape index (κ2) is 6.80. The van der Waals surface area contributed by atoms with Gasteiger partial charge in [0.2, 0.25) is 0 Å². The molecule has 0 saturated heterocycles. The number of ether oxygens (including phenoxy) is 1. The zero-order valence-corrected chi connectivity index (χ0v) is 10.8. The van der Waals surface area contributed by atoms with E-state index < -0.39 is 23.3 Å². The number of esters is 1. The van der Waals surface area contributed by atoms with Gasteiger partial charge in [-0.3, -0.25) is 4.79 Å². The summed E-state index contributed by atoms with van der Waals surface area (Å²) in [4.78, 5) is 11.1. The number of alkyl halides is 3. The Hall–Kier alpha value is -2.23. The van der Waals surface area contributed by atoms with E-state index in [1.807, 2.05) is 0 Å². The molecule has 108 valence electrons. The molecule has 4 nitrogen and oxygen atoms in total. The van der Waals surface area contributed by atoms with E-state index in [1.165, 1.54) is 12.1 Å². The molecule has 0 aromatic heterocycles. The van der Waals surface area contributed by atoms with E-state index in [2.05, 4.69) is 5.32 Å². The van der Waals surface area contributed by atoms with Gasteiger partial charge in [0, 0.05) is 12.2 Å². The van der Waals surface area contributed by atoms with E-state index in [9.17, 15) is 18.0 Å². The summed E-state index contributed by atoms with van der Waals surface area (Å²) in [7, 11) is 0. The van der Waals surface area contributed by atoms with E-state index in [0.717, 1.165) is 12.1 Å². The Kier molecular flexibility index (Phi) is 5.38. The normalized spacial score (nSPS) is 10.8. The number of halogens is 3. The van der Waals surface area contributed by atoms with Crippen LogP contribution in [-0.4, -0.2) is 19.1 Å². The molecule has 1 N–H and O–H groups in total. The first-order valence-corrected chi connectivity index (χ1v) is 5.89. The Morgan fingerprint density at radius 2 is 2.15 bits per heavy atom. The van der Waals surface area contributed by atoms with Gasteiger partial charge in [-0.15, -0.1) is 0 Å². The molecule has 0 unspecified atom stereocenters. The lowest BCUT2D eigenvalue weighted by molar-refractivity contribution is -0.142. The van der Waals surface area contributed by atoms with E-state index in [1.54, 1.807) is 6.92 Å². The van der Waals surface area contributed by atoms with E-state index in [4.69, 9.17) is 10.00 Å². The molecular formula is C13H13F3N2O2. The molecule has 0 amide bonds. The maximum atomic E-state index is 12.6. The number of nitrogens with zero attached hydrogens (tertiary/aromatic N) is 1. The van der Waals surface area contributed by atoms with Crippen LogP contribution in [0.15, 0.2) is 18.2 Å². The van der Waals surface area contributed by atoms with Crippen molar-refractivity contribution in [3.63, 3.8) is 0 Å². The highest BCUT2D eigenvalue weighted by Gasteiger charge is 2.33. The summed E-state index contributed by atoms with van der Waals surface area (Å²) in [5, 5.41) is 11.5. The molecule has 0 spiro atoms. The lowest BCUT2D eigenvalue weighted by Crippen LogP contribution is -2.12. The fourth-order valence-electron chi connectivity index (χ4n) is 1.54. The van der Waals surface area contributed by atoms with Gasteiger partial charge in [-0.1, -0.05) is 0 Å². The van der Waals surface area contributed by atoms with Crippen molar-refractivity contribution in [3.05, 3.63) is 29.3 Å². The maximum Gasteiger partial charge on any atom is 0.417 e. The highest BCUT2D eigenvalue weighted by molar-refractivity contribution is 5.70. The van der Waals surface area contributed by atoms with Gasteiger partial charge in [-0.25, -0.2) is 0 Å². The van der Waals surface area contributed by atoms with Crippen molar-refractivity contribution in [2.24, 2.45) is 0 Å². The molecule has 20 heavy (non-hydrogen) atoms. The number of benzene rings is 1. The van der Waals surface area contributed by atoms with Crippen LogP contribution in [0, 0.1) is 11.3 Å². The molecule has 1 aromatic carbocycles. The minimum atomic E-state index is -4.56. The third-order valence-electron chi connectivity index (χ3n) is 2.41. The number of nitriles is 1. The monoisotopic (exact) mass is 286 g/mol. The highest BCUT2D eigenvalue weighted by atomic mass is 19.4. The molecule has 0 aliphatic carbocycles. The average Bonchev–Trinajstić information content (AvgIpc) is 2.37. The Morgan fingerprint density at radius 1 is 1.45 bits per heavy atom. The Balaban J connectivity index is 2.70. The SMILES string of the molecule is CCOC(=O)CCNc1ccc(C(F)(F)F)c(C#N)c1. The van der Waals surface area contributed by atoms with Gasteiger partial charge in [0.1, 0.15) is 0 Å². The predicted molar refractivity (Wildman–Crippen MR) is 65.9 cm³/mol. The van der Waals surface area contributed by atoms with Crippen LogP contribution in [0.25, 0.3) is 0 Å².